The fourth-order valence-corrected chi connectivity index (χ4v) is 6.72. The number of esters is 2. The highest BCUT2D eigenvalue weighted by atomic mass is 32.2. The van der Waals surface area contributed by atoms with Crippen molar-refractivity contribution in [2.75, 3.05) is 13.2 Å². The van der Waals surface area contributed by atoms with E-state index in [1.807, 2.05) is 49.6 Å². The molecule has 3 aliphatic rings. The van der Waals surface area contributed by atoms with Crippen LogP contribution in [-0.2, 0) is 34.5 Å². The Morgan fingerprint density at radius 2 is 1.79 bits per heavy atom. The normalized spacial score (nSPS) is 21.3. The van der Waals surface area contributed by atoms with Crippen LogP contribution in [0.15, 0.2) is 76.3 Å². The van der Waals surface area contributed by atoms with Gasteiger partial charge in [0.15, 0.2) is 0 Å². The van der Waals surface area contributed by atoms with Crippen molar-refractivity contribution in [1.82, 2.24) is 10.3 Å². The molecule has 39 heavy (non-hydrogen) atoms. The zero-order valence-corrected chi connectivity index (χ0v) is 23.8. The number of fused-ring (bicyclic) bond motifs is 1. The van der Waals surface area contributed by atoms with Crippen molar-refractivity contribution in [3.63, 3.8) is 0 Å². The number of nitrogens with zero attached hydrogens (tertiary/aromatic N) is 1. The van der Waals surface area contributed by atoms with Crippen molar-refractivity contribution in [2.24, 2.45) is 5.14 Å². The number of hydrogen-bond acceptors (Lipinski definition) is 9. The first-order chi connectivity index (χ1) is 18.6. The second kappa shape index (κ2) is 11.3. The molecule has 1 aromatic carbocycles. The molecule has 2 heterocycles. The summed E-state index contributed by atoms with van der Waals surface area (Å²) in [5.41, 5.74) is 2.47. The van der Waals surface area contributed by atoms with E-state index in [2.05, 4.69) is 10.3 Å². The summed E-state index contributed by atoms with van der Waals surface area (Å²) in [4.78, 5) is 31.4. The highest BCUT2D eigenvalue weighted by molar-refractivity contribution is 7.89. The number of nitrogens with one attached hydrogen (secondary N) is 1. The average Bonchev–Trinajstić information content (AvgIpc) is 3.26. The fraction of sp³-hybridized carbons (Fsp3) is 0.321. The van der Waals surface area contributed by atoms with Gasteiger partial charge in [-0.1, -0.05) is 36.4 Å². The predicted octanol–water partition coefficient (Wildman–Crippen LogP) is 3.87. The van der Waals surface area contributed by atoms with Crippen LogP contribution in [0.5, 0.6) is 0 Å². The van der Waals surface area contributed by atoms with E-state index in [1.54, 1.807) is 32.2 Å². The van der Waals surface area contributed by atoms with Crippen molar-refractivity contribution in [2.45, 2.75) is 50.0 Å². The molecule has 2 aromatic rings. The molecular formula is C28H31N3O6S2. The molecule has 0 bridgehead atoms. The quantitative estimate of drug-likeness (QED) is 0.320. The van der Waals surface area contributed by atoms with Gasteiger partial charge >= 0.3 is 11.9 Å². The van der Waals surface area contributed by atoms with Crippen molar-refractivity contribution < 1.29 is 27.5 Å². The molecule has 5 rings (SSSR count). The van der Waals surface area contributed by atoms with Gasteiger partial charge in [-0.15, -0.1) is 11.3 Å². The number of thiazole rings is 1. The summed E-state index contributed by atoms with van der Waals surface area (Å²) < 4.78 is 32.4. The Labute approximate surface area is 232 Å². The molecule has 0 amide bonds. The molecule has 2 aliphatic carbocycles. The maximum absolute atomic E-state index is 13.6. The zero-order chi connectivity index (χ0) is 28.4. The molecule has 3 unspecified atom stereocenters. The topological polar surface area (TPSA) is 138 Å². The fourth-order valence-electron chi connectivity index (χ4n) is 5.15. The van der Waals surface area contributed by atoms with Gasteiger partial charge in [0.05, 0.1) is 29.6 Å². The number of aromatic nitrogens is 1. The van der Waals surface area contributed by atoms with E-state index in [0.717, 1.165) is 16.7 Å². The van der Waals surface area contributed by atoms with E-state index < -0.39 is 27.3 Å². The summed E-state index contributed by atoms with van der Waals surface area (Å²) >= 11 is 1.42. The van der Waals surface area contributed by atoms with Gasteiger partial charge in [0, 0.05) is 28.9 Å². The van der Waals surface area contributed by atoms with Crippen molar-refractivity contribution in [3.05, 3.63) is 81.9 Å². The van der Waals surface area contributed by atoms with Crippen molar-refractivity contribution in [3.8, 4) is 11.1 Å². The van der Waals surface area contributed by atoms with Crippen LogP contribution >= 0.6 is 11.3 Å². The van der Waals surface area contributed by atoms with Crippen LogP contribution in [0.4, 0.5) is 0 Å². The Balaban J connectivity index is 0.000000292. The molecule has 0 saturated heterocycles. The molecule has 3 N–H and O–H groups in total. The molecule has 1 aliphatic heterocycles. The molecule has 0 fully saturated rings. The Morgan fingerprint density at radius 3 is 2.28 bits per heavy atom. The van der Waals surface area contributed by atoms with Gasteiger partial charge in [-0.05, 0) is 51.0 Å². The summed E-state index contributed by atoms with van der Waals surface area (Å²) in [6.07, 6.45) is 1.69. The molecule has 9 nitrogen and oxygen atoms in total. The number of benzene rings is 2. The summed E-state index contributed by atoms with van der Waals surface area (Å²) in [6.45, 7) is 7.80. The Kier molecular flexibility index (Phi) is 8.24. The number of sulfonamides is 1. The number of primary sulfonamides is 1. The summed E-state index contributed by atoms with van der Waals surface area (Å²) in [6, 6.07) is 14.2. The second-order valence-electron chi connectivity index (χ2n) is 9.14. The third-order valence-electron chi connectivity index (χ3n) is 6.84. The largest absolute Gasteiger partial charge is 0.465 e. The van der Waals surface area contributed by atoms with E-state index in [0.29, 0.717) is 16.3 Å². The molecule has 1 aromatic heterocycles. The average molecular weight is 570 g/mol. The summed E-state index contributed by atoms with van der Waals surface area (Å²) in [5.74, 6) is -1.46. The van der Waals surface area contributed by atoms with E-state index in [-0.39, 0.29) is 30.1 Å². The molecule has 0 spiro atoms. The predicted molar refractivity (Wildman–Crippen MR) is 148 cm³/mol. The Morgan fingerprint density at radius 1 is 1.10 bits per heavy atom. The van der Waals surface area contributed by atoms with Gasteiger partial charge in [-0.2, -0.15) is 0 Å². The molecule has 0 saturated carbocycles. The minimum atomic E-state index is -3.47. The third kappa shape index (κ3) is 5.34. The molecule has 206 valence electrons. The van der Waals surface area contributed by atoms with Crippen molar-refractivity contribution in [1.29, 1.82) is 0 Å². The van der Waals surface area contributed by atoms with Gasteiger partial charge in [0.2, 0.25) is 10.0 Å². The maximum atomic E-state index is 13.6. The van der Waals surface area contributed by atoms with Crippen LogP contribution in [0.25, 0.3) is 11.1 Å². The van der Waals surface area contributed by atoms with E-state index in [9.17, 15) is 18.0 Å². The number of rotatable bonds is 7. The molecule has 0 radical (unpaired) electrons. The lowest BCUT2D eigenvalue weighted by atomic mass is 9.61. The van der Waals surface area contributed by atoms with Crippen molar-refractivity contribution >= 4 is 33.3 Å². The number of hydrogen-bond donors (Lipinski definition) is 2. The first-order valence-electron chi connectivity index (χ1n) is 12.5. The monoisotopic (exact) mass is 569 g/mol. The Bertz CT molecular complexity index is 1500. The Hall–Kier alpha value is -3.54. The minimum absolute atomic E-state index is 0.238. The third-order valence-corrected chi connectivity index (χ3v) is 8.65. The molecule has 3 atom stereocenters. The highest BCUT2D eigenvalue weighted by Gasteiger charge is 2.59. The van der Waals surface area contributed by atoms with Crippen LogP contribution in [0, 0.1) is 0 Å². The summed E-state index contributed by atoms with van der Waals surface area (Å²) in [5, 5.41) is 10.8. The number of ether oxygens (including phenoxy) is 2. The van der Waals surface area contributed by atoms with E-state index in [4.69, 9.17) is 14.6 Å². The zero-order valence-electron chi connectivity index (χ0n) is 22.1. The number of carbonyl (C=O) groups excluding carboxylic acids is 2. The van der Waals surface area contributed by atoms with Gasteiger partial charge < -0.3 is 14.8 Å². The lowest BCUT2D eigenvalue weighted by Gasteiger charge is -2.47. The maximum Gasteiger partial charge on any atom is 0.336 e. The van der Waals surface area contributed by atoms with Crippen LogP contribution in [0.2, 0.25) is 0 Å². The minimum Gasteiger partial charge on any atom is -0.465 e. The number of allylic oxidation sites excluding steroid dienone is 1. The first-order valence-corrected chi connectivity index (χ1v) is 14.9. The standard InChI is InChI=1S/C22H26N2O4S.C6H5NO2S/c1-5-27-20(25)17-14(3)24-15(4)22(21(26)28-6-2,16-10-8-7-9-11-16)18(17)19-23-12-13-29-19;7-10(8,9)6-2-1-4-3-5(4)6/h7-13,15,18,24H,5-6H2,1-4H3;1-3H,(H2,7,8,9). The first kappa shape index (κ1) is 28.5. The molecule has 11 heteroatoms. The number of nitrogens with two attached hydrogens (primary N) is 1. The lowest BCUT2D eigenvalue weighted by Crippen LogP contribution is -2.60. The lowest BCUT2D eigenvalue weighted by molar-refractivity contribution is -0.153. The van der Waals surface area contributed by atoms with Crippen LogP contribution < -0.4 is 10.5 Å². The van der Waals surface area contributed by atoms with E-state index in [1.165, 1.54) is 17.4 Å². The smallest absolute Gasteiger partial charge is 0.336 e. The summed E-state index contributed by atoms with van der Waals surface area (Å²) in [7, 11) is -3.47. The van der Waals surface area contributed by atoms with Gasteiger partial charge in [0.1, 0.15) is 10.4 Å². The van der Waals surface area contributed by atoms with Gasteiger partial charge in [-0.25, -0.2) is 23.3 Å². The van der Waals surface area contributed by atoms with Crippen LogP contribution in [-0.4, -0.2) is 44.6 Å². The highest BCUT2D eigenvalue weighted by Crippen LogP contribution is 2.51. The number of carbonyl (C=O) groups is 2. The van der Waals surface area contributed by atoms with Crippen LogP contribution in [0.3, 0.4) is 0 Å². The molecular weight excluding hydrogens is 538 g/mol. The van der Waals surface area contributed by atoms with E-state index >= 15 is 0 Å². The van der Waals surface area contributed by atoms with Gasteiger partial charge in [-0.3, -0.25) is 4.79 Å². The van der Waals surface area contributed by atoms with Gasteiger partial charge in [0.25, 0.3) is 0 Å². The SMILES string of the molecule is CCOC(=O)C1=C(C)NC(C)C(C(=O)OCC)(c2ccccc2)C1c1nccs1.NS(=O)(=O)c1ccc2cc1-2. The second-order valence-corrected chi connectivity index (χ2v) is 11.6. The van der Waals surface area contributed by atoms with Crippen LogP contribution in [0.1, 0.15) is 44.2 Å².